The van der Waals surface area contributed by atoms with Crippen LogP contribution < -0.4 is 5.73 Å². The van der Waals surface area contributed by atoms with Crippen molar-refractivity contribution in [2.45, 2.75) is 12.8 Å². The van der Waals surface area contributed by atoms with E-state index >= 15 is 0 Å². The van der Waals surface area contributed by atoms with Crippen LogP contribution in [0.3, 0.4) is 0 Å². The van der Waals surface area contributed by atoms with Gasteiger partial charge in [-0.15, -0.1) is 0 Å². The first-order valence-electron chi connectivity index (χ1n) is 3.52. The highest BCUT2D eigenvalue weighted by atomic mass is 14.7. The highest BCUT2D eigenvalue weighted by Gasteiger charge is 1.93. The van der Waals surface area contributed by atoms with Crippen LogP contribution in [0, 0.1) is 5.41 Å². The van der Waals surface area contributed by atoms with E-state index in [1.54, 1.807) is 6.20 Å². The molecule has 0 spiro atoms. The van der Waals surface area contributed by atoms with Crippen LogP contribution in [-0.4, -0.2) is 10.8 Å². The van der Waals surface area contributed by atoms with Crippen molar-refractivity contribution in [3.8, 4) is 0 Å². The topological polar surface area (TPSA) is 62.8 Å². The van der Waals surface area contributed by atoms with Crippen molar-refractivity contribution in [3.05, 3.63) is 30.1 Å². The highest BCUT2D eigenvalue weighted by molar-refractivity contribution is 5.76. The first kappa shape index (κ1) is 7.72. The van der Waals surface area contributed by atoms with Gasteiger partial charge in [-0.1, -0.05) is 6.07 Å². The minimum absolute atomic E-state index is 0.218. The van der Waals surface area contributed by atoms with E-state index in [1.807, 2.05) is 18.2 Å². The second kappa shape index (κ2) is 3.71. The van der Waals surface area contributed by atoms with Gasteiger partial charge in [-0.25, -0.2) is 0 Å². The van der Waals surface area contributed by atoms with Crippen molar-refractivity contribution in [2.24, 2.45) is 5.73 Å². The number of rotatable bonds is 3. The molecule has 0 fully saturated rings. The molecule has 0 unspecified atom stereocenters. The van der Waals surface area contributed by atoms with Crippen LogP contribution in [0.15, 0.2) is 24.4 Å². The molecule has 0 saturated carbocycles. The van der Waals surface area contributed by atoms with E-state index in [1.165, 1.54) is 0 Å². The van der Waals surface area contributed by atoms with E-state index in [-0.39, 0.29) is 5.84 Å². The Morgan fingerprint density at radius 1 is 1.55 bits per heavy atom. The maximum absolute atomic E-state index is 6.99. The van der Waals surface area contributed by atoms with Crippen LogP contribution in [0.5, 0.6) is 0 Å². The summed E-state index contributed by atoms with van der Waals surface area (Å²) < 4.78 is 0. The van der Waals surface area contributed by atoms with Gasteiger partial charge in [-0.2, -0.15) is 0 Å². The molecule has 0 atom stereocenters. The number of nitrogens with one attached hydrogen (secondary N) is 1. The quantitative estimate of drug-likeness (QED) is 0.496. The Hall–Kier alpha value is -1.38. The van der Waals surface area contributed by atoms with Gasteiger partial charge in [-0.3, -0.25) is 10.4 Å². The van der Waals surface area contributed by atoms with Crippen LogP contribution in [0.2, 0.25) is 0 Å². The fourth-order valence-electron chi connectivity index (χ4n) is 0.809. The van der Waals surface area contributed by atoms with Crippen molar-refractivity contribution in [2.75, 3.05) is 0 Å². The van der Waals surface area contributed by atoms with Gasteiger partial charge in [0.1, 0.15) is 0 Å². The molecule has 0 aliphatic heterocycles. The van der Waals surface area contributed by atoms with Crippen LogP contribution in [0.4, 0.5) is 0 Å². The summed E-state index contributed by atoms with van der Waals surface area (Å²) in [4.78, 5) is 4.10. The largest absolute Gasteiger partial charge is 0.388 e. The van der Waals surface area contributed by atoms with Gasteiger partial charge in [0.15, 0.2) is 0 Å². The fourth-order valence-corrected chi connectivity index (χ4v) is 0.809. The number of amidine groups is 1. The van der Waals surface area contributed by atoms with E-state index in [0.717, 1.165) is 12.1 Å². The van der Waals surface area contributed by atoms with Gasteiger partial charge in [0.05, 0.1) is 5.84 Å². The second-order valence-electron chi connectivity index (χ2n) is 2.35. The Balaban J connectivity index is 2.45. The van der Waals surface area contributed by atoms with Crippen molar-refractivity contribution in [3.63, 3.8) is 0 Å². The summed E-state index contributed by atoms with van der Waals surface area (Å²) in [5.41, 5.74) is 6.18. The molecule has 0 aliphatic rings. The summed E-state index contributed by atoms with van der Waals surface area (Å²) in [5.74, 6) is 0.218. The molecule has 1 heterocycles. The lowest BCUT2D eigenvalue weighted by Gasteiger charge is -1.96. The van der Waals surface area contributed by atoms with Crippen molar-refractivity contribution in [1.29, 1.82) is 5.41 Å². The summed E-state index contributed by atoms with van der Waals surface area (Å²) in [5, 5.41) is 6.99. The summed E-state index contributed by atoms with van der Waals surface area (Å²) in [7, 11) is 0. The average Bonchev–Trinajstić information content (AvgIpc) is 2.03. The fraction of sp³-hybridized carbons (Fsp3) is 0.250. The molecule has 11 heavy (non-hydrogen) atoms. The first-order valence-corrected chi connectivity index (χ1v) is 3.52. The maximum Gasteiger partial charge on any atom is 0.0909 e. The Bertz CT molecular complexity index is 230. The number of aromatic nitrogens is 1. The first-order chi connectivity index (χ1) is 5.29. The molecule has 3 nitrogen and oxygen atoms in total. The molecule has 1 rings (SSSR count). The molecule has 0 aliphatic carbocycles. The monoisotopic (exact) mass is 149 g/mol. The average molecular weight is 149 g/mol. The summed E-state index contributed by atoms with van der Waals surface area (Å²) in [6, 6.07) is 5.74. The number of hydrogen-bond acceptors (Lipinski definition) is 2. The zero-order valence-corrected chi connectivity index (χ0v) is 6.25. The van der Waals surface area contributed by atoms with Gasteiger partial charge in [0, 0.05) is 18.3 Å². The minimum Gasteiger partial charge on any atom is -0.388 e. The predicted octanol–water partition coefficient (Wildman–Crippen LogP) is 0.950. The second-order valence-corrected chi connectivity index (χ2v) is 2.35. The van der Waals surface area contributed by atoms with Crippen LogP contribution in [0.1, 0.15) is 12.1 Å². The van der Waals surface area contributed by atoms with Crippen molar-refractivity contribution < 1.29 is 0 Å². The summed E-state index contributed by atoms with van der Waals surface area (Å²) in [6.07, 6.45) is 3.10. The summed E-state index contributed by atoms with van der Waals surface area (Å²) >= 11 is 0. The molecule has 3 heteroatoms. The van der Waals surface area contributed by atoms with Gasteiger partial charge in [0.25, 0.3) is 0 Å². The van der Waals surface area contributed by atoms with Gasteiger partial charge in [0.2, 0.25) is 0 Å². The van der Waals surface area contributed by atoms with Gasteiger partial charge >= 0.3 is 0 Å². The van der Waals surface area contributed by atoms with Crippen LogP contribution >= 0.6 is 0 Å². The zero-order chi connectivity index (χ0) is 8.10. The van der Waals surface area contributed by atoms with Gasteiger partial charge in [-0.05, 0) is 18.6 Å². The van der Waals surface area contributed by atoms with E-state index in [4.69, 9.17) is 11.1 Å². The third kappa shape index (κ3) is 2.80. The summed E-state index contributed by atoms with van der Waals surface area (Å²) in [6.45, 7) is 0. The Morgan fingerprint density at radius 2 is 2.36 bits per heavy atom. The standard InChI is InChI=1S/C8H11N3/c9-8(10)5-4-7-3-1-2-6-11-7/h1-3,6H,4-5H2,(H3,9,10). The van der Waals surface area contributed by atoms with Crippen LogP contribution in [-0.2, 0) is 6.42 Å². The Labute approximate surface area is 65.8 Å². The molecular weight excluding hydrogens is 138 g/mol. The van der Waals surface area contributed by atoms with E-state index in [0.29, 0.717) is 6.42 Å². The molecule has 0 aromatic carbocycles. The number of nitrogens with two attached hydrogens (primary N) is 1. The molecule has 58 valence electrons. The maximum atomic E-state index is 6.99. The lowest BCUT2D eigenvalue weighted by molar-refractivity contribution is 0.958. The number of aryl methyl sites for hydroxylation is 1. The molecular formula is C8H11N3. The third-order valence-corrected chi connectivity index (χ3v) is 1.38. The van der Waals surface area contributed by atoms with Crippen molar-refractivity contribution in [1.82, 2.24) is 4.98 Å². The smallest absolute Gasteiger partial charge is 0.0909 e. The SMILES string of the molecule is N=C(N)CCc1ccccn1. The zero-order valence-electron chi connectivity index (χ0n) is 6.25. The number of nitrogens with zero attached hydrogens (tertiary/aromatic N) is 1. The predicted molar refractivity (Wildman–Crippen MR) is 44.5 cm³/mol. The van der Waals surface area contributed by atoms with E-state index in [9.17, 15) is 0 Å². The van der Waals surface area contributed by atoms with E-state index < -0.39 is 0 Å². The van der Waals surface area contributed by atoms with E-state index in [2.05, 4.69) is 4.98 Å². The van der Waals surface area contributed by atoms with Gasteiger partial charge < -0.3 is 5.73 Å². The molecule has 3 N–H and O–H groups in total. The molecule has 0 radical (unpaired) electrons. The lowest BCUT2D eigenvalue weighted by atomic mass is 10.2. The van der Waals surface area contributed by atoms with Crippen LogP contribution in [0.25, 0.3) is 0 Å². The molecule has 0 saturated heterocycles. The minimum atomic E-state index is 0.218. The van der Waals surface area contributed by atoms with Crippen molar-refractivity contribution >= 4 is 5.84 Å². The molecule has 0 bridgehead atoms. The Morgan fingerprint density at radius 3 is 2.91 bits per heavy atom. The third-order valence-electron chi connectivity index (χ3n) is 1.38. The molecule has 0 amide bonds. The Kier molecular flexibility index (Phi) is 2.60. The molecule has 1 aromatic rings. The lowest BCUT2D eigenvalue weighted by Crippen LogP contribution is -2.10. The normalized spacial score (nSPS) is 9.45. The highest BCUT2D eigenvalue weighted by Crippen LogP contribution is 1.96. The number of hydrogen-bond donors (Lipinski definition) is 2. The number of pyridine rings is 1. The molecule has 1 aromatic heterocycles.